The van der Waals surface area contributed by atoms with Crippen molar-refractivity contribution in [1.29, 1.82) is 0 Å². The van der Waals surface area contributed by atoms with Crippen molar-refractivity contribution in [2.75, 3.05) is 6.54 Å². The number of carbonyl (C=O) groups is 1. The van der Waals surface area contributed by atoms with Gasteiger partial charge in [-0.15, -0.1) is 0 Å². The molecule has 0 radical (unpaired) electrons. The highest BCUT2D eigenvalue weighted by Gasteiger charge is 2.32. The van der Waals surface area contributed by atoms with Crippen LogP contribution in [0.2, 0.25) is 0 Å². The van der Waals surface area contributed by atoms with Crippen LogP contribution in [-0.4, -0.2) is 27.8 Å². The predicted molar refractivity (Wildman–Crippen MR) is 72.3 cm³/mol. The maximum absolute atomic E-state index is 11.6. The van der Waals surface area contributed by atoms with Crippen LogP contribution in [-0.2, 0) is 4.79 Å². The Morgan fingerprint density at radius 2 is 2.22 bits per heavy atom. The zero-order valence-corrected chi connectivity index (χ0v) is 11.9. The van der Waals surface area contributed by atoms with Gasteiger partial charge in [0.25, 0.3) is 0 Å². The molecule has 1 amide bonds. The van der Waals surface area contributed by atoms with Crippen LogP contribution in [0.1, 0.15) is 44.6 Å². The molecule has 0 aromatic carbocycles. The number of carbonyl (C=O) groups excluding carboxylic acids is 1. The van der Waals surface area contributed by atoms with Gasteiger partial charge in [-0.3, -0.25) is 9.48 Å². The monoisotopic (exact) mass is 252 g/mol. The number of nitrogens with two attached hydrogens (primary N) is 1. The van der Waals surface area contributed by atoms with Gasteiger partial charge < -0.3 is 11.1 Å². The number of amides is 1. The summed E-state index contributed by atoms with van der Waals surface area (Å²) in [5.41, 5.74) is 6.89. The Morgan fingerprint density at radius 3 is 2.61 bits per heavy atom. The first-order valence-electron chi connectivity index (χ1n) is 6.38. The number of nitrogens with one attached hydrogen (secondary N) is 1. The lowest BCUT2D eigenvalue weighted by atomic mass is 9.92. The molecule has 2 atom stereocenters. The van der Waals surface area contributed by atoms with Crippen LogP contribution < -0.4 is 11.1 Å². The van der Waals surface area contributed by atoms with E-state index in [0.717, 1.165) is 11.4 Å². The van der Waals surface area contributed by atoms with Crippen molar-refractivity contribution in [2.24, 2.45) is 5.73 Å². The van der Waals surface area contributed by atoms with Crippen molar-refractivity contribution in [2.45, 2.75) is 52.6 Å². The van der Waals surface area contributed by atoms with Gasteiger partial charge in [0.2, 0.25) is 5.91 Å². The molecule has 0 aliphatic heterocycles. The number of nitrogens with zero attached hydrogens (tertiary/aromatic N) is 2. The van der Waals surface area contributed by atoms with Crippen LogP contribution in [0.5, 0.6) is 0 Å². The van der Waals surface area contributed by atoms with Crippen molar-refractivity contribution in [3.63, 3.8) is 0 Å². The molecule has 0 aliphatic carbocycles. The topological polar surface area (TPSA) is 72.9 Å². The Bertz CT molecular complexity index is 427. The van der Waals surface area contributed by atoms with Gasteiger partial charge in [-0.1, -0.05) is 6.92 Å². The van der Waals surface area contributed by atoms with Gasteiger partial charge >= 0.3 is 0 Å². The third kappa shape index (κ3) is 3.10. The van der Waals surface area contributed by atoms with E-state index in [4.69, 9.17) is 5.73 Å². The van der Waals surface area contributed by atoms with Gasteiger partial charge in [0.05, 0.1) is 17.3 Å². The van der Waals surface area contributed by atoms with E-state index in [1.165, 1.54) is 0 Å². The smallest absolute Gasteiger partial charge is 0.237 e. The second kappa shape index (κ2) is 5.52. The minimum atomic E-state index is -0.694. The summed E-state index contributed by atoms with van der Waals surface area (Å²) in [6.45, 7) is 10.6. The molecule has 18 heavy (non-hydrogen) atoms. The summed E-state index contributed by atoms with van der Waals surface area (Å²) in [5, 5.41) is 7.62. The molecule has 1 aromatic heterocycles. The van der Waals surface area contributed by atoms with Crippen LogP contribution in [0, 0.1) is 13.8 Å². The predicted octanol–water partition coefficient (Wildman–Crippen LogP) is 1.30. The maximum atomic E-state index is 11.6. The van der Waals surface area contributed by atoms with E-state index in [1.54, 1.807) is 0 Å². The minimum absolute atomic E-state index is 0.121. The van der Waals surface area contributed by atoms with E-state index >= 15 is 0 Å². The summed E-state index contributed by atoms with van der Waals surface area (Å²) in [6, 6.07) is 2.15. The fourth-order valence-corrected chi connectivity index (χ4v) is 2.42. The first kappa shape index (κ1) is 14.7. The number of aromatic nitrogens is 2. The van der Waals surface area contributed by atoms with E-state index in [1.807, 2.05) is 38.4 Å². The van der Waals surface area contributed by atoms with Crippen LogP contribution in [0.4, 0.5) is 0 Å². The van der Waals surface area contributed by atoms with Crippen molar-refractivity contribution in [3.8, 4) is 0 Å². The van der Waals surface area contributed by atoms with E-state index < -0.39 is 5.54 Å². The molecule has 0 saturated carbocycles. The van der Waals surface area contributed by atoms with Crippen LogP contribution in [0.15, 0.2) is 6.07 Å². The lowest BCUT2D eigenvalue weighted by molar-refractivity contribution is -0.124. The molecule has 1 aromatic rings. The number of hydrogen-bond donors (Lipinski definition) is 2. The number of likely N-dealkylation sites (N-methyl/N-ethyl adjacent to an activating group) is 1. The van der Waals surface area contributed by atoms with Crippen LogP contribution >= 0.6 is 0 Å². The molecule has 0 bridgehead atoms. The molecule has 5 nitrogen and oxygen atoms in total. The lowest BCUT2D eigenvalue weighted by Crippen LogP contribution is -2.54. The summed E-state index contributed by atoms with van der Waals surface area (Å²) in [7, 11) is 0. The van der Waals surface area contributed by atoms with E-state index in [0.29, 0.717) is 13.0 Å². The van der Waals surface area contributed by atoms with E-state index in [-0.39, 0.29) is 11.9 Å². The van der Waals surface area contributed by atoms with Crippen molar-refractivity contribution >= 4 is 5.91 Å². The normalized spacial score (nSPS) is 16.3. The van der Waals surface area contributed by atoms with Crippen LogP contribution in [0.25, 0.3) is 0 Å². The SMILES string of the molecule is CCNC(C)(CC(C)n1nc(C)cc1C)C(N)=O. The molecule has 0 aliphatic rings. The molecule has 0 spiro atoms. The molecule has 2 unspecified atom stereocenters. The molecular weight excluding hydrogens is 228 g/mol. The number of rotatable bonds is 6. The summed E-state index contributed by atoms with van der Waals surface area (Å²) in [6.07, 6.45) is 0.623. The largest absolute Gasteiger partial charge is 0.368 e. The molecule has 0 fully saturated rings. The molecular formula is C13H24N4O. The average Bonchev–Trinajstić information content (AvgIpc) is 2.57. The van der Waals surface area contributed by atoms with Gasteiger partial charge in [0.1, 0.15) is 0 Å². The second-order valence-electron chi connectivity index (χ2n) is 5.15. The molecule has 1 heterocycles. The Hall–Kier alpha value is -1.36. The number of hydrogen-bond acceptors (Lipinski definition) is 3. The molecule has 1 rings (SSSR count). The van der Waals surface area contributed by atoms with Crippen molar-refractivity contribution < 1.29 is 4.79 Å². The Morgan fingerprint density at radius 1 is 1.61 bits per heavy atom. The minimum Gasteiger partial charge on any atom is -0.368 e. The third-order valence-electron chi connectivity index (χ3n) is 3.28. The highest BCUT2D eigenvalue weighted by atomic mass is 16.1. The van der Waals surface area contributed by atoms with Crippen LogP contribution in [0.3, 0.4) is 0 Å². The number of aryl methyl sites for hydroxylation is 2. The first-order chi connectivity index (χ1) is 8.30. The number of primary amides is 1. The fourth-order valence-electron chi connectivity index (χ4n) is 2.42. The highest BCUT2D eigenvalue weighted by Crippen LogP contribution is 2.22. The van der Waals surface area contributed by atoms with Gasteiger partial charge in [-0.25, -0.2) is 0 Å². The second-order valence-corrected chi connectivity index (χ2v) is 5.15. The molecule has 5 heteroatoms. The molecule has 0 saturated heterocycles. The molecule has 102 valence electrons. The Labute approximate surface area is 109 Å². The summed E-state index contributed by atoms with van der Waals surface area (Å²) >= 11 is 0. The van der Waals surface area contributed by atoms with Gasteiger partial charge in [-0.2, -0.15) is 5.10 Å². The van der Waals surface area contributed by atoms with E-state index in [2.05, 4.69) is 17.3 Å². The van der Waals surface area contributed by atoms with Crippen molar-refractivity contribution in [3.05, 3.63) is 17.5 Å². The van der Waals surface area contributed by atoms with Gasteiger partial charge in [-0.05, 0) is 46.7 Å². The zero-order valence-electron chi connectivity index (χ0n) is 11.9. The fraction of sp³-hybridized carbons (Fsp3) is 0.692. The Kier molecular flexibility index (Phi) is 4.51. The maximum Gasteiger partial charge on any atom is 0.237 e. The summed E-state index contributed by atoms with van der Waals surface area (Å²) in [4.78, 5) is 11.6. The highest BCUT2D eigenvalue weighted by molar-refractivity contribution is 5.84. The van der Waals surface area contributed by atoms with Gasteiger partial charge in [0.15, 0.2) is 0 Å². The van der Waals surface area contributed by atoms with Gasteiger partial charge in [0, 0.05) is 5.69 Å². The quantitative estimate of drug-likeness (QED) is 0.801. The molecule has 3 N–H and O–H groups in total. The summed E-state index contributed by atoms with van der Waals surface area (Å²) in [5.74, 6) is -0.322. The zero-order chi connectivity index (χ0) is 13.9. The summed E-state index contributed by atoms with van der Waals surface area (Å²) < 4.78 is 1.95. The third-order valence-corrected chi connectivity index (χ3v) is 3.28. The van der Waals surface area contributed by atoms with Crippen molar-refractivity contribution in [1.82, 2.24) is 15.1 Å². The average molecular weight is 252 g/mol. The Balaban J connectivity index is 2.88. The first-order valence-corrected chi connectivity index (χ1v) is 6.38. The lowest BCUT2D eigenvalue weighted by Gasteiger charge is -2.30. The van der Waals surface area contributed by atoms with E-state index in [9.17, 15) is 4.79 Å². The standard InChI is InChI=1S/C13H24N4O/c1-6-15-13(5,12(14)18)8-11(4)17-10(3)7-9(2)16-17/h7,11,15H,6,8H2,1-5H3,(H2,14,18).